The molecule has 0 bridgehead atoms. The topological polar surface area (TPSA) is 66.9 Å². The first-order chi connectivity index (χ1) is 9.52. The van der Waals surface area contributed by atoms with Gasteiger partial charge in [-0.25, -0.2) is 4.79 Å². The van der Waals surface area contributed by atoms with Gasteiger partial charge in [-0.1, -0.05) is 6.58 Å². The van der Waals surface area contributed by atoms with Gasteiger partial charge in [-0.15, -0.1) is 0 Å². The second-order valence-corrected chi connectivity index (χ2v) is 5.44. The minimum atomic E-state index is -0.487. The van der Waals surface area contributed by atoms with E-state index in [0.717, 1.165) is 19.3 Å². The third kappa shape index (κ3) is 2.11. The summed E-state index contributed by atoms with van der Waals surface area (Å²) in [5.74, 6) is -0.795. The second kappa shape index (κ2) is 4.47. The fourth-order valence-electron chi connectivity index (χ4n) is 2.65. The van der Waals surface area contributed by atoms with Crippen LogP contribution < -0.4 is 0 Å². The summed E-state index contributed by atoms with van der Waals surface area (Å²) in [6, 6.07) is 0. The number of hydrogen-bond acceptors (Lipinski definition) is 4. The van der Waals surface area contributed by atoms with E-state index in [1.807, 2.05) is 0 Å². The summed E-state index contributed by atoms with van der Waals surface area (Å²) in [6.45, 7) is 3.93. The van der Waals surface area contributed by atoms with Crippen LogP contribution in [-0.2, 0) is 19.2 Å². The highest BCUT2D eigenvalue weighted by atomic mass is 16.7. The van der Waals surface area contributed by atoms with Crippen LogP contribution in [0.2, 0.25) is 0 Å². The van der Waals surface area contributed by atoms with Crippen molar-refractivity contribution in [3.05, 3.63) is 24.4 Å². The van der Waals surface area contributed by atoms with Crippen molar-refractivity contribution < 1.29 is 19.2 Å². The Labute approximate surface area is 116 Å². The van der Waals surface area contributed by atoms with Gasteiger partial charge >= 0.3 is 5.97 Å². The van der Waals surface area contributed by atoms with Crippen molar-refractivity contribution in [2.24, 2.45) is 0 Å². The zero-order valence-corrected chi connectivity index (χ0v) is 11.1. The average molecular weight is 276 g/mol. The molecule has 20 heavy (non-hydrogen) atoms. The van der Waals surface area contributed by atoms with Crippen molar-refractivity contribution in [1.82, 2.24) is 9.96 Å². The van der Waals surface area contributed by atoms with Crippen molar-refractivity contribution in [2.75, 3.05) is 6.54 Å². The fourth-order valence-corrected chi connectivity index (χ4v) is 2.65. The molecule has 6 heteroatoms. The molecule has 0 aromatic rings. The van der Waals surface area contributed by atoms with E-state index < -0.39 is 5.97 Å². The number of carbonyl (C=O) groups excluding carboxylic acids is 3. The Kier molecular flexibility index (Phi) is 2.88. The molecule has 2 amide bonds. The maximum absolute atomic E-state index is 11.8. The summed E-state index contributed by atoms with van der Waals surface area (Å²) in [5.41, 5.74) is 0.347. The summed E-state index contributed by atoms with van der Waals surface area (Å²) >= 11 is 0. The number of allylic oxidation sites excluding steroid dienone is 1. The Morgan fingerprint density at radius 2 is 2.05 bits per heavy atom. The molecule has 106 valence electrons. The van der Waals surface area contributed by atoms with Gasteiger partial charge in [-0.2, -0.15) is 5.06 Å². The maximum atomic E-state index is 11.8. The Balaban J connectivity index is 1.52. The number of carbonyl (C=O) groups is 3. The number of hydrogen-bond donors (Lipinski definition) is 0. The van der Waals surface area contributed by atoms with Crippen LogP contribution in [-0.4, -0.2) is 39.8 Å². The molecule has 1 saturated heterocycles. The van der Waals surface area contributed by atoms with Crippen LogP contribution >= 0.6 is 0 Å². The highest BCUT2D eigenvalue weighted by molar-refractivity contribution is 5.93. The Bertz CT molecular complexity index is 515. The molecule has 3 aliphatic rings. The zero-order valence-electron chi connectivity index (χ0n) is 11.1. The van der Waals surface area contributed by atoms with Gasteiger partial charge in [0.2, 0.25) is 0 Å². The molecule has 0 aromatic carbocycles. The summed E-state index contributed by atoms with van der Waals surface area (Å²) in [6.07, 6.45) is 6.08. The summed E-state index contributed by atoms with van der Waals surface area (Å²) < 4.78 is 0. The number of nitrogens with zero attached hydrogens (tertiary/aromatic N) is 2. The third-order valence-corrected chi connectivity index (χ3v) is 4.05. The van der Waals surface area contributed by atoms with Gasteiger partial charge in [0.25, 0.3) is 11.8 Å². The quantitative estimate of drug-likeness (QED) is 0.765. The first-order valence-corrected chi connectivity index (χ1v) is 6.74. The molecule has 2 aliphatic heterocycles. The Hall–Kier alpha value is -2.11. The molecule has 1 spiro atoms. The van der Waals surface area contributed by atoms with Crippen LogP contribution in [0.4, 0.5) is 0 Å². The highest BCUT2D eigenvalue weighted by Gasteiger charge is 2.56. The minimum Gasteiger partial charge on any atom is -0.338 e. The van der Waals surface area contributed by atoms with E-state index in [9.17, 15) is 14.4 Å². The van der Waals surface area contributed by atoms with E-state index >= 15 is 0 Å². The smallest absolute Gasteiger partial charge is 0.334 e. The predicted molar refractivity (Wildman–Crippen MR) is 68.7 cm³/mol. The van der Waals surface area contributed by atoms with Crippen LogP contribution in [0.25, 0.3) is 0 Å². The SMILES string of the molecule is C=C1C=CC(=O)N1CCC(=O)ON1C(=O)CCC12CC2. The Morgan fingerprint density at radius 3 is 2.65 bits per heavy atom. The molecule has 0 aromatic heterocycles. The highest BCUT2D eigenvalue weighted by Crippen LogP contribution is 2.50. The van der Waals surface area contributed by atoms with Gasteiger partial charge in [0, 0.05) is 24.7 Å². The van der Waals surface area contributed by atoms with Crippen molar-refractivity contribution in [3.63, 3.8) is 0 Å². The number of hydroxylamine groups is 2. The van der Waals surface area contributed by atoms with Gasteiger partial charge in [0.15, 0.2) is 0 Å². The van der Waals surface area contributed by atoms with Gasteiger partial charge in [0.05, 0.1) is 12.0 Å². The summed E-state index contributed by atoms with van der Waals surface area (Å²) in [5, 5.41) is 1.26. The summed E-state index contributed by atoms with van der Waals surface area (Å²) in [4.78, 5) is 41.6. The molecule has 0 N–H and O–H groups in total. The van der Waals surface area contributed by atoms with E-state index in [-0.39, 0.29) is 30.3 Å². The molecule has 0 atom stereocenters. The maximum Gasteiger partial charge on any atom is 0.334 e. The predicted octanol–water partition coefficient (Wildman–Crippen LogP) is 0.902. The molecule has 6 nitrogen and oxygen atoms in total. The molecule has 1 saturated carbocycles. The van der Waals surface area contributed by atoms with Crippen molar-refractivity contribution in [3.8, 4) is 0 Å². The van der Waals surface area contributed by atoms with E-state index in [4.69, 9.17) is 4.84 Å². The number of rotatable bonds is 4. The van der Waals surface area contributed by atoms with Crippen LogP contribution in [0, 0.1) is 0 Å². The zero-order chi connectivity index (χ0) is 14.3. The largest absolute Gasteiger partial charge is 0.338 e. The monoisotopic (exact) mass is 276 g/mol. The van der Waals surface area contributed by atoms with Crippen molar-refractivity contribution in [1.29, 1.82) is 0 Å². The van der Waals surface area contributed by atoms with Crippen LogP contribution in [0.1, 0.15) is 32.1 Å². The molecule has 2 fully saturated rings. The van der Waals surface area contributed by atoms with Crippen LogP contribution in [0.15, 0.2) is 24.4 Å². The lowest BCUT2D eigenvalue weighted by Gasteiger charge is -2.23. The molecule has 3 rings (SSSR count). The Morgan fingerprint density at radius 1 is 1.30 bits per heavy atom. The van der Waals surface area contributed by atoms with E-state index in [0.29, 0.717) is 12.1 Å². The first kappa shape index (κ1) is 12.9. The lowest BCUT2D eigenvalue weighted by molar-refractivity contribution is -0.203. The van der Waals surface area contributed by atoms with Gasteiger partial charge in [-0.05, 0) is 25.3 Å². The average Bonchev–Trinajstić information content (AvgIpc) is 3.05. The van der Waals surface area contributed by atoms with E-state index in [2.05, 4.69) is 6.58 Å². The van der Waals surface area contributed by atoms with Crippen molar-refractivity contribution >= 4 is 17.8 Å². The first-order valence-electron chi connectivity index (χ1n) is 6.74. The fraction of sp³-hybridized carbons (Fsp3) is 0.500. The van der Waals surface area contributed by atoms with Crippen LogP contribution in [0.5, 0.6) is 0 Å². The molecular formula is C14H16N2O4. The number of amides is 2. The molecule has 2 heterocycles. The van der Waals surface area contributed by atoms with Gasteiger partial charge in [0.1, 0.15) is 0 Å². The standard InChI is InChI=1S/C14H16N2O4/c1-10-2-3-11(17)15(10)9-5-13(19)20-16-12(18)4-6-14(16)7-8-14/h2-3H,1,4-9H2. The van der Waals surface area contributed by atoms with Gasteiger partial charge < -0.3 is 9.74 Å². The second-order valence-electron chi connectivity index (χ2n) is 5.44. The normalized spacial score (nSPS) is 23.1. The van der Waals surface area contributed by atoms with Crippen molar-refractivity contribution in [2.45, 2.75) is 37.6 Å². The van der Waals surface area contributed by atoms with E-state index in [1.54, 1.807) is 6.08 Å². The summed E-state index contributed by atoms with van der Waals surface area (Å²) in [7, 11) is 0. The third-order valence-electron chi connectivity index (χ3n) is 4.05. The van der Waals surface area contributed by atoms with Crippen LogP contribution in [0.3, 0.4) is 0 Å². The molecule has 0 unspecified atom stereocenters. The lowest BCUT2D eigenvalue weighted by atomic mass is 10.2. The molecular weight excluding hydrogens is 260 g/mol. The van der Waals surface area contributed by atoms with Gasteiger partial charge in [-0.3, -0.25) is 9.59 Å². The molecule has 0 radical (unpaired) electrons. The lowest BCUT2D eigenvalue weighted by Crippen LogP contribution is -2.37. The van der Waals surface area contributed by atoms with E-state index in [1.165, 1.54) is 16.0 Å². The molecule has 1 aliphatic carbocycles. The minimum absolute atomic E-state index is 0.0479.